The van der Waals surface area contributed by atoms with Crippen LogP contribution in [-0.4, -0.2) is 21.0 Å². The Hall–Kier alpha value is -2.60. The molecule has 2 aromatic carbocycles. The quantitative estimate of drug-likeness (QED) is 0.572. The van der Waals surface area contributed by atoms with E-state index >= 15 is 0 Å². The number of rotatable bonds is 4. The van der Waals surface area contributed by atoms with Crippen LogP contribution in [0.3, 0.4) is 0 Å². The van der Waals surface area contributed by atoms with E-state index in [9.17, 15) is 14.7 Å². The molecule has 0 aliphatic heterocycles. The first-order valence-electron chi connectivity index (χ1n) is 6.58. The molecule has 0 radical (unpaired) electrons. The molecule has 22 heavy (non-hydrogen) atoms. The minimum absolute atomic E-state index is 0.273. The molecule has 0 bridgehead atoms. The molecular weight excluding hydrogens is 300 g/mol. The van der Waals surface area contributed by atoms with Crippen molar-refractivity contribution in [3.63, 3.8) is 0 Å². The number of hydrogen-bond acceptors (Lipinski definition) is 4. The Morgan fingerprint density at radius 2 is 1.77 bits per heavy atom. The second-order valence-corrected chi connectivity index (χ2v) is 5.73. The fourth-order valence-electron chi connectivity index (χ4n) is 2.12. The molecule has 2 N–H and O–H groups in total. The van der Waals surface area contributed by atoms with Crippen LogP contribution in [-0.2, 0) is 4.79 Å². The maximum absolute atomic E-state index is 12.0. The molecule has 0 aliphatic carbocycles. The van der Waals surface area contributed by atoms with E-state index in [1.165, 1.54) is 0 Å². The lowest BCUT2D eigenvalue weighted by atomic mass is 10.1. The smallest absolute Gasteiger partial charge is 0.321 e. The molecule has 3 rings (SSSR count). The summed E-state index contributed by atoms with van der Waals surface area (Å²) < 4.78 is 0. The van der Waals surface area contributed by atoms with E-state index in [2.05, 4.69) is 9.97 Å². The van der Waals surface area contributed by atoms with Crippen molar-refractivity contribution in [2.45, 2.75) is 10.4 Å². The SMILES string of the molecule is O=C(O)C(Sc1nc2ccccc2c(=O)[nH]1)c1ccccc1. The van der Waals surface area contributed by atoms with Crippen molar-refractivity contribution in [1.82, 2.24) is 9.97 Å². The van der Waals surface area contributed by atoms with Crippen molar-refractivity contribution >= 4 is 28.6 Å². The van der Waals surface area contributed by atoms with Crippen LogP contribution in [0.15, 0.2) is 64.5 Å². The van der Waals surface area contributed by atoms with E-state index < -0.39 is 11.2 Å². The van der Waals surface area contributed by atoms with Gasteiger partial charge in [0.05, 0.1) is 10.9 Å². The van der Waals surface area contributed by atoms with Gasteiger partial charge in [-0.05, 0) is 17.7 Å². The maximum Gasteiger partial charge on any atom is 0.321 e. The molecule has 0 fully saturated rings. The minimum atomic E-state index is -0.980. The third-order valence-corrected chi connectivity index (χ3v) is 4.27. The summed E-state index contributed by atoms with van der Waals surface area (Å²) in [6.45, 7) is 0. The highest BCUT2D eigenvalue weighted by molar-refractivity contribution is 8.00. The first-order chi connectivity index (χ1) is 10.6. The lowest BCUT2D eigenvalue weighted by Crippen LogP contribution is -2.12. The number of hydrogen-bond donors (Lipinski definition) is 2. The molecule has 1 heterocycles. The summed E-state index contributed by atoms with van der Waals surface area (Å²) in [6, 6.07) is 15.8. The lowest BCUT2D eigenvalue weighted by Gasteiger charge is -2.11. The zero-order valence-electron chi connectivity index (χ0n) is 11.4. The lowest BCUT2D eigenvalue weighted by molar-refractivity contribution is -0.136. The average molecular weight is 312 g/mol. The van der Waals surface area contributed by atoms with Gasteiger partial charge >= 0.3 is 5.97 Å². The summed E-state index contributed by atoms with van der Waals surface area (Å²) in [5.41, 5.74) is 0.923. The predicted molar refractivity (Wildman–Crippen MR) is 85.0 cm³/mol. The van der Waals surface area contributed by atoms with Gasteiger partial charge in [0, 0.05) is 0 Å². The van der Waals surface area contributed by atoms with Gasteiger partial charge in [0.15, 0.2) is 5.16 Å². The maximum atomic E-state index is 12.0. The summed E-state index contributed by atoms with van der Waals surface area (Å²) in [5, 5.41) is 9.38. The van der Waals surface area contributed by atoms with Crippen LogP contribution in [0.25, 0.3) is 10.9 Å². The van der Waals surface area contributed by atoms with Gasteiger partial charge in [-0.15, -0.1) is 0 Å². The molecule has 0 saturated carbocycles. The number of para-hydroxylation sites is 1. The molecule has 0 spiro atoms. The summed E-state index contributed by atoms with van der Waals surface area (Å²) in [6.07, 6.45) is 0. The number of nitrogens with one attached hydrogen (secondary N) is 1. The van der Waals surface area contributed by atoms with Crippen molar-refractivity contribution in [2.75, 3.05) is 0 Å². The molecule has 6 heteroatoms. The number of aromatic nitrogens is 2. The summed E-state index contributed by atoms with van der Waals surface area (Å²) >= 11 is 1.01. The van der Waals surface area contributed by atoms with E-state index in [1.807, 2.05) is 6.07 Å². The largest absolute Gasteiger partial charge is 0.480 e. The third-order valence-electron chi connectivity index (χ3n) is 3.15. The van der Waals surface area contributed by atoms with Gasteiger partial charge < -0.3 is 10.1 Å². The Bertz CT molecular complexity index is 877. The molecule has 110 valence electrons. The van der Waals surface area contributed by atoms with Crippen LogP contribution in [0.4, 0.5) is 0 Å². The standard InChI is InChI=1S/C16H12N2O3S/c19-14-11-8-4-5-9-12(11)17-16(18-14)22-13(15(20)21)10-6-2-1-3-7-10/h1-9,13H,(H,20,21)(H,17,18,19). The highest BCUT2D eigenvalue weighted by atomic mass is 32.2. The fourth-order valence-corrected chi connectivity index (χ4v) is 3.04. The Morgan fingerprint density at radius 1 is 1.09 bits per heavy atom. The van der Waals surface area contributed by atoms with Crippen molar-refractivity contribution in [3.8, 4) is 0 Å². The third kappa shape index (κ3) is 2.87. The number of thioether (sulfide) groups is 1. The summed E-state index contributed by atoms with van der Waals surface area (Å²) in [7, 11) is 0. The van der Waals surface area contributed by atoms with Crippen molar-refractivity contribution < 1.29 is 9.90 Å². The van der Waals surface area contributed by atoms with Gasteiger partial charge in [-0.2, -0.15) is 0 Å². The van der Waals surface area contributed by atoms with Crippen LogP contribution in [0, 0.1) is 0 Å². The summed E-state index contributed by atoms with van der Waals surface area (Å²) in [5.74, 6) is -0.980. The predicted octanol–water partition coefficient (Wildman–Crippen LogP) is 2.84. The van der Waals surface area contributed by atoms with Crippen LogP contribution < -0.4 is 5.56 Å². The summed E-state index contributed by atoms with van der Waals surface area (Å²) in [4.78, 5) is 30.5. The van der Waals surface area contributed by atoms with Gasteiger partial charge in [-0.25, -0.2) is 4.98 Å². The molecule has 0 aliphatic rings. The molecule has 5 nitrogen and oxygen atoms in total. The molecular formula is C16H12N2O3S. The first-order valence-corrected chi connectivity index (χ1v) is 7.46. The number of aliphatic carboxylic acids is 1. The Labute approximate surface area is 130 Å². The number of nitrogens with zero attached hydrogens (tertiary/aromatic N) is 1. The Morgan fingerprint density at radius 3 is 2.50 bits per heavy atom. The number of H-pyrrole nitrogens is 1. The Balaban J connectivity index is 2.00. The molecule has 0 saturated heterocycles. The number of aromatic amines is 1. The van der Waals surface area contributed by atoms with Gasteiger partial charge in [0.1, 0.15) is 5.25 Å². The first kappa shape index (κ1) is 14.3. The van der Waals surface area contributed by atoms with E-state index in [-0.39, 0.29) is 5.56 Å². The second kappa shape index (κ2) is 6.03. The highest BCUT2D eigenvalue weighted by Crippen LogP contribution is 2.33. The van der Waals surface area contributed by atoms with E-state index in [4.69, 9.17) is 0 Å². The van der Waals surface area contributed by atoms with E-state index in [0.717, 1.165) is 11.8 Å². The number of benzene rings is 2. The van der Waals surface area contributed by atoms with Gasteiger partial charge in [-0.1, -0.05) is 54.2 Å². The zero-order valence-corrected chi connectivity index (χ0v) is 12.2. The topological polar surface area (TPSA) is 83.0 Å². The van der Waals surface area contributed by atoms with Crippen LogP contribution in [0.2, 0.25) is 0 Å². The average Bonchev–Trinajstić information content (AvgIpc) is 2.53. The van der Waals surface area contributed by atoms with Crippen LogP contribution >= 0.6 is 11.8 Å². The molecule has 1 aromatic heterocycles. The number of carboxylic acids is 1. The highest BCUT2D eigenvalue weighted by Gasteiger charge is 2.22. The number of carboxylic acid groups (broad SMARTS) is 1. The van der Waals surface area contributed by atoms with Crippen molar-refractivity contribution in [2.24, 2.45) is 0 Å². The van der Waals surface area contributed by atoms with Gasteiger partial charge in [0.25, 0.3) is 5.56 Å². The van der Waals surface area contributed by atoms with E-state index in [0.29, 0.717) is 21.6 Å². The molecule has 3 aromatic rings. The number of carbonyl (C=O) groups is 1. The van der Waals surface area contributed by atoms with E-state index in [1.54, 1.807) is 48.5 Å². The number of fused-ring (bicyclic) bond motifs is 1. The second-order valence-electron chi connectivity index (χ2n) is 4.64. The zero-order chi connectivity index (χ0) is 15.5. The fraction of sp³-hybridized carbons (Fsp3) is 0.0625. The van der Waals surface area contributed by atoms with Gasteiger partial charge in [0.2, 0.25) is 0 Å². The molecule has 0 amide bonds. The molecule has 1 atom stereocenters. The van der Waals surface area contributed by atoms with Crippen molar-refractivity contribution in [1.29, 1.82) is 0 Å². The Kier molecular flexibility index (Phi) is 3.93. The molecule has 1 unspecified atom stereocenters. The minimum Gasteiger partial charge on any atom is -0.480 e. The van der Waals surface area contributed by atoms with Crippen molar-refractivity contribution in [3.05, 3.63) is 70.5 Å². The van der Waals surface area contributed by atoms with Crippen LogP contribution in [0.5, 0.6) is 0 Å². The van der Waals surface area contributed by atoms with Crippen LogP contribution in [0.1, 0.15) is 10.8 Å². The monoisotopic (exact) mass is 312 g/mol. The van der Waals surface area contributed by atoms with Gasteiger partial charge in [-0.3, -0.25) is 9.59 Å². The normalized spacial score (nSPS) is 12.2.